The van der Waals surface area contributed by atoms with Crippen LogP contribution in [-0.4, -0.2) is 48.7 Å². The van der Waals surface area contributed by atoms with Crippen molar-refractivity contribution in [3.05, 3.63) is 0 Å². The van der Waals surface area contributed by atoms with Gasteiger partial charge < -0.3 is 15.3 Å². The number of carbonyl (C=O) groups excluding carboxylic acids is 1. The lowest BCUT2D eigenvalue weighted by Gasteiger charge is -2.20. The smallest absolute Gasteiger partial charge is 0.236 e. The molecular weight excluding hydrogens is 228 g/mol. The molecule has 1 saturated heterocycles. The highest BCUT2D eigenvalue weighted by molar-refractivity contribution is 5.78. The molecule has 0 atom stereocenters. The van der Waals surface area contributed by atoms with Gasteiger partial charge in [-0.2, -0.15) is 0 Å². The van der Waals surface area contributed by atoms with Crippen molar-refractivity contribution in [1.82, 2.24) is 10.2 Å². The molecule has 18 heavy (non-hydrogen) atoms. The van der Waals surface area contributed by atoms with Gasteiger partial charge in [0.05, 0.1) is 6.54 Å². The minimum Gasteiger partial charge on any atom is -0.396 e. The van der Waals surface area contributed by atoms with E-state index in [9.17, 15) is 4.79 Å². The Hall–Kier alpha value is -0.610. The average molecular weight is 256 g/mol. The number of hydrogen-bond acceptors (Lipinski definition) is 3. The van der Waals surface area contributed by atoms with Crippen LogP contribution in [0.5, 0.6) is 0 Å². The van der Waals surface area contributed by atoms with E-state index in [0.29, 0.717) is 13.2 Å². The Bertz CT molecular complexity index is 214. The van der Waals surface area contributed by atoms with Gasteiger partial charge in [-0.05, 0) is 32.2 Å². The van der Waals surface area contributed by atoms with E-state index in [1.54, 1.807) is 0 Å². The maximum Gasteiger partial charge on any atom is 0.236 e. The van der Waals surface area contributed by atoms with Crippen LogP contribution in [0, 0.1) is 0 Å². The molecule has 0 aromatic heterocycles. The molecule has 0 saturated carbocycles. The van der Waals surface area contributed by atoms with Crippen molar-refractivity contribution >= 4 is 5.91 Å². The van der Waals surface area contributed by atoms with E-state index in [4.69, 9.17) is 5.11 Å². The van der Waals surface area contributed by atoms with Crippen molar-refractivity contribution in [3.8, 4) is 0 Å². The normalized spacial score (nSPS) is 16.6. The first kappa shape index (κ1) is 15.4. The summed E-state index contributed by atoms with van der Waals surface area (Å²) in [5, 5.41) is 11.9. The zero-order valence-corrected chi connectivity index (χ0v) is 11.5. The second kappa shape index (κ2) is 10.3. The zero-order chi connectivity index (χ0) is 13.1. The minimum absolute atomic E-state index is 0.257. The summed E-state index contributed by atoms with van der Waals surface area (Å²) in [6.45, 7) is 3.57. The molecule has 1 amide bonds. The molecule has 0 bridgehead atoms. The lowest BCUT2D eigenvalue weighted by atomic mass is 10.2. The number of unbranched alkanes of at least 4 members (excludes halogenated alkanes) is 3. The lowest BCUT2D eigenvalue weighted by Crippen LogP contribution is -2.38. The summed E-state index contributed by atoms with van der Waals surface area (Å²) < 4.78 is 0. The van der Waals surface area contributed by atoms with Crippen molar-refractivity contribution in [1.29, 1.82) is 0 Å². The quantitative estimate of drug-likeness (QED) is 0.648. The summed E-state index contributed by atoms with van der Waals surface area (Å²) in [6, 6.07) is 0. The van der Waals surface area contributed by atoms with E-state index in [2.05, 4.69) is 5.32 Å². The predicted octanol–water partition coefficient (Wildman–Crippen LogP) is 1.53. The molecule has 0 radical (unpaired) electrons. The molecular formula is C14H28N2O2. The Kier molecular flexibility index (Phi) is 8.86. The molecule has 1 aliphatic rings. The fraction of sp³-hybridized carbons (Fsp3) is 0.929. The minimum atomic E-state index is 0.257. The summed E-state index contributed by atoms with van der Waals surface area (Å²) in [7, 11) is 0. The number of aliphatic hydroxyl groups is 1. The number of carbonyl (C=O) groups is 1. The van der Waals surface area contributed by atoms with Crippen LogP contribution in [0.25, 0.3) is 0 Å². The van der Waals surface area contributed by atoms with Gasteiger partial charge in [-0.25, -0.2) is 0 Å². The van der Waals surface area contributed by atoms with E-state index < -0.39 is 0 Å². The van der Waals surface area contributed by atoms with Gasteiger partial charge >= 0.3 is 0 Å². The molecule has 1 heterocycles. The first-order valence-electron chi connectivity index (χ1n) is 7.44. The van der Waals surface area contributed by atoms with Crippen LogP contribution in [0.1, 0.15) is 51.4 Å². The second-order valence-electron chi connectivity index (χ2n) is 5.11. The number of rotatable bonds is 8. The van der Waals surface area contributed by atoms with Gasteiger partial charge in [-0.1, -0.05) is 25.7 Å². The fourth-order valence-corrected chi connectivity index (χ4v) is 2.34. The molecule has 4 nitrogen and oxygen atoms in total. The van der Waals surface area contributed by atoms with Crippen LogP contribution in [0.3, 0.4) is 0 Å². The molecule has 1 aliphatic heterocycles. The lowest BCUT2D eigenvalue weighted by molar-refractivity contribution is -0.130. The van der Waals surface area contributed by atoms with E-state index in [1.807, 2.05) is 4.90 Å². The van der Waals surface area contributed by atoms with E-state index in [0.717, 1.165) is 58.2 Å². The van der Waals surface area contributed by atoms with E-state index in [1.165, 1.54) is 12.8 Å². The second-order valence-corrected chi connectivity index (χ2v) is 5.11. The number of nitrogens with zero attached hydrogens (tertiary/aromatic N) is 1. The van der Waals surface area contributed by atoms with E-state index in [-0.39, 0.29) is 5.91 Å². The third-order valence-electron chi connectivity index (χ3n) is 3.50. The van der Waals surface area contributed by atoms with Crippen molar-refractivity contribution in [2.75, 3.05) is 32.8 Å². The Morgan fingerprint density at radius 2 is 1.67 bits per heavy atom. The number of aliphatic hydroxyl groups excluding tert-OH is 1. The molecule has 106 valence electrons. The van der Waals surface area contributed by atoms with Crippen molar-refractivity contribution in [2.45, 2.75) is 51.4 Å². The SMILES string of the molecule is O=C(CNCCCCCCO)N1CCCCCC1. The van der Waals surface area contributed by atoms with Crippen LogP contribution in [0.4, 0.5) is 0 Å². The maximum atomic E-state index is 11.9. The molecule has 0 spiro atoms. The molecule has 4 heteroatoms. The molecule has 0 aromatic rings. The molecule has 2 N–H and O–H groups in total. The fourth-order valence-electron chi connectivity index (χ4n) is 2.34. The van der Waals surface area contributed by atoms with Gasteiger partial charge in [-0.15, -0.1) is 0 Å². The highest BCUT2D eigenvalue weighted by Crippen LogP contribution is 2.09. The van der Waals surface area contributed by atoms with Gasteiger partial charge in [0.1, 0.15) is 0 Å². The largest absolute Gasteiger partial charge is 0.396 e. The summed E-state index contributed by atoms with van der Waals surface area (Å²) in [5.41, 5.74) is 0. The standard InChI is InChI=1S/C14H28N2O2/c17-12-8-4-1-5-9-15-13-14(18)16-10-6-2-3-7-11-16/h15,17H,1-13H2. The van der Waals surface area contributed by atoms with Crippen LogP contribution in [-0.2, 0) is 4.79 Å². The molecule has 0 aromatic carbocycles. The average Bonchev–Trinajstić information content (AvgIpc) is 2.66. The van der Waals surface area contributed by atoms with Gasteiger partial charge in [0.2, 0.25) is 5.91 Å². The highest BCUT2D eigenvalue weighted by Gasteiger charge is 2.14. The molecule has 1 fully saturated rings. The van der Waals surface area contributed by atoms with Gasteiger partial charge in [0, 0.05) is 19.7 Å². The summed E-state index contributed by atoms with van der Waals surface area (Å²) in [5.74, 6) is 0.257. The number of likely N-dealkylation sites (tertiary alicyclic amines) is 1. The summed E-state index contributed by atoms with van der Waals surface area (Å²) in [4.78, 5) is 13.9. The number of nitrogens with one attached hydrogen (secondary N) is 1. The first-order chi connectivity index (χ1) is 8.84. The van der Waals surface area contributed by atoms with Crippen molar-refractivity contribution in [3.63, 3.8) is 0 Å². The Balaban J connectivity index is 1.98. The summed E-state index contributed by atoms with van der Waals surface area (Å²) >= 11 is 0. The van der Waals surface area contributed by atoms with Crippen molar-refractivity contribution in [2.24, 2.45) is 0 Å². The predicted molar refractivity (Wildman–Crippen MR) is 73.5 cm³/mol. The number of amides is 1. The zero-order valence-electron chi connectivity index (χ0n) is 11.5. The molecule has 1 rings (SSSR count). The Labute approximate surface area is 111 Å². The topological polar surface area (TPSA) is 52.6 Å². The third-order valence-corrected chi connectivity index (χ3v) is 3.50. The molecule has 0 unspecified atom stereocenters. The maximum absolute atomic E-state index is 11.9. The number of hydrogen-bond donors (Lipinski definition) is 2. The van der Waals surface area contributed by atoms with Gasteiger partial charge in [-0.3, -0.25) is 4.79 Å². The molecule has 0 aliphatic carbocycles. The summed E-state index contributed by atoms with van der Waals surface area (Å²) in [6.07, 6.45) is 9.05. The van der Waals surface area contributed by atoms with Crippen LogP contribution < -0.4 is 5.32 Å². The Morgan fingerprint density at radius 3 is 2.33 bits per heavy atom. The Morgan fingerprint density at radius 1 is 1.00 bits per heavy atom. The monoisotopic (exact) mass is 256 g/mol. The third kappa shape index (κ3) is 6.97. The van der Waals surface area contributed by atoms with Crippen LogP contribution >= 0.6 is 0 Å². The van der Waals surface area contributed by atoms with Crippen LogP contribution in [0.15, 0.2) is 0 Å². The van der Waals surface area contributed by atoms with Crippen molar-refractivity contribution < 1.29 is 9.90 Å². The first-order valence-corrected chi connectivity index (χ1v) is 7.44. The van der Waals surface area contributed by atoms with E-state index >= 15 is 0 Å². The van der Waals surface area contributed by atoms with Gasteiger partial charge in [0.15, 0.2) is 0 Å². The van der Waals surface area contributed by atoms with Crippen LogP contribution in [0.2, 0.25) is 0 Å². The van der Waals surface area contributed by atoms with Gasteiger partial charge in [0.25, 0.3) is 0 Å². The highest BCUT2D eigenvalue weighted by atomic mass is 16.2.